The summed E-state index contributed by atoms with van der Waals surface area (Å²) >= 11 is 0. The quantitative estimate of drug-likeness (QED) is 0.175. The molecule has 0 bridgehead atoms. The zero-order valence-electron chi connectivity index (χ0n) is 21.9. The van der Waals surface area contributed by atoms with Gasteiger partial charge in [-0.05, 0) is 53.2 Å². The van der Waals surface area contributed by atoms with Gasteiger partial charge in [-0.2, -0.15) is 27.2 Å². The van der Waals surface area contributed by atoms with Crippen LogP contribution >= 0.6 is 7.51 Å². The molecule has 1 aromatic heterocycles. The van der Waals surface area contributed by atoms with Crippen LogP contribution in [-0.2, 0) is 19.4 Å². The van der Waals surface area contributed by atoms with E-state index < -0.39 is 67.5 Å². The number of aromatic nitrogens is 2. The largest absolute Gasteiger partial charge is 0.626 e. The van der Waals surface area contributed by atoms with E-state index in [1.807, 2.05) is 0 Å². The van der Waals surface area contributed by atoms with E-state index in [4.69, 9.17) is 13.8 Å². The molecule has 2 rings (SSSR count). The van der Waals surface area contributed by atoms with Crippen molar-refractivity contribution in [2.24, 2.45) is 0 Å². The van der Waals surface area contributed by atoms with Crippen molar-refractivity contribution in [3.05, 3.63) is 34.4 Å². The molecule has 0 radical (unpaired) electrons. The molecule has 0 atom stereocenters. The number of amides is 1. The van der Waals surface area contributed by atoms with Gasteiger partial charge in [0, 0.05) is 24.5 Å². The van der Waals surface area contributed by atoms with Crippen LogP contribution in [0.4, 0.5) is 32.7 Å². The van der Waals surface area contributed by atoms with Gasteiger partial charge >= 0.3 is 25.4 Å². The Morgan fingerprint density at radius 3 is 2.23 bits per heavy atom. The van der Waals surface area contributed by atoms with Crippen molar-refractivity contribution in [2.75, 3.05) is 24.7 Å². The smallest absolute Gasteiger partial charge is 0.443 e. The van der Waals surface area contributed by atoms with Crippen LogP contribution in [0.15, 0.2) is 18.3 Å². The molecule has 10 nitrogen and oxygen atoms in total. The van der Waals surface area contributed by atoms with Gasteiger partial charge in [0.05, 0.1) is 35.9 Å². The number of nitrogens with zero attached hydrogens (tertiary/aromatic N) is 5. The molecule has 1 amide bonds. The molecule has 1 heterocycles. The van der Waals surface area contributed by atoms with E-state index in [0.29, 0.717) is 0 Å². The maximum atomic E-state index is 15.8. The molecular weight excluding hydrogens is 552 g/mol. The molecule has 16 heteroatoms. The maximum Gasteiger partial charge on any atom is 0.626 e. The van der Waals surface area contributed by atoms with Gasteiger partial charge in [0.15, 0.2) is 4.91 Å². The number of alkyl halides is 5. The molecule has 0 saturated carbocycles. The number of rotatable bonds is 10. The lowest BCUT2D eigenvalue weighted by Crippen LogP contribution is -2.38. The van der Waals surface area contributed by atoms with Crippen LogP contribution in [0.2, 0.25) is 0 Å². The highest BCUT2D eigenvalue weighted by molar-refractivity contribution is 7.56. The number of ether oxygens (including phenoxy) is 1. The number of anilines is 1. The fourth-order valence-electron chi connectivity index (χ4n) is 3.37. The summed E-state index contributed by atoms with van der Waals surface area (Å²) in [6.45, 7) is 6.21. The minimum absolute atomic E-state index is 0.102. The minimum atomic E-state index is -4.77. The highest BCUT2D eigenvalue weighted by atomic mass is 31.2. The van der Waals surface area contributed by atoms with Gasteiger partial charge in [-0.25, -0.2) is 19.7 Å². The van der Waals surface area contributed by atoms with Crippen molar-refractivity contribution in [3.8, 4) is 6.07 Å². The first kappa shape index (κ1) is 32.0. The van der Waals surface area contributed by atoms with E-state index in [1.54, 1.807) is 26.8 Å². The molecule has 214 valence electrons. The SMILES string of the molecule is CCOP(=[N+]=O)(OCC)C(F)(F)c1cc2nc(N(CCCC(F)(F)F)C(=O)OC(C)(C)C)ncc2cc1C#N. The molecule has 0 aliphatic carbocycles. The van der Waals surface area contributed by atoms with Crippen molar-refractivity contribution in [3.63, 3.8) is 0 Å². The number of nitroso groups, excluding NO2 is 1. The third kappa shape index (κ3) is 7.70. The average Bonchev–Trinajstić information content (AvgIpc) is 2.83. The van der Waals surface area contributed by atoms with Gasteiger partial charge in [-0.15, -0.1) is 0 Å². The van der Waals surface area contributed by atoms with Crippen LogP contribution in [0.25, 0.3) is 10.9 Å². The van der Waals surface area contributed by atoms with Crippen molar-refractivity contribution >= 4 is 30.5 Å². The molecule has 0 aliphatic rings. The van der Waals surface area contributed by atoms with Crippen molar-refractivity contribution in [1.29, 1.82) is 5.26 Å². The van der Waals surface area contributed by atoms with Gasteiger partial charge in [0.2, 0.25) is 10.6 Å². The second kappa shape index (κ2) is 12.3. The zero-order valence-corrected chi connectivity index (χ0v) is 22.8. The Kier molecular flexibility index (Phi) is 10.1. The van der Waals surface area contributed by atoms with E-state index in [-0.39, 0.29) is 24.1 Å². The molecule has 0 unspecified atom stereocenters. The Balaban J connectivity index is 2.70. The predicted molar refractivity (Wildman–Crippen MR) is 133 cm³/mol. The lowest BCUT2D eigenvalue weighted by molar-refractivity contribution is -0.135. The molecule has 2 aromatic rings. The topological polar surface area (TPSA) is 129 Å². The normalized spacial score (nSPS) is 12.6. The number of hydrogen-bond donors (Lipinski definition) is 0. The van der Waals surface area contributed by atoms with E-state index in [0.717, 1.165) is 23.2 Å². The standard InChI is InChI=1S/C23H28F5N5O5P/c1-6-36-39(32-35,37-7-2)23(27,28)17-12-18-16(11-15(17)13-29)14-30-19(31-18)33(10-8-9-22(24,25)26)20(34)38-21(3,4)5/h11-12,14H,6-10H2,1-5H3/q+1. The van der Waals surface area contributed by atoms with Crippen LogP contribution in [0.3, 0.4) is 0 Å². The number of halogens is 5. The monoisotopic (exact) mass is 580 g/mol. The highest BCUT2D eigenvalue weighted by Gasteiger charge is 2.66. The van der Waals surface area contributed by atoms with Crippen LogP contribution in [0.1, 0.15) is 58.6 Å². The van der Waals surface area contributed by atoms with Gasteiger partial charge in [0.25, 0.3) is 0 Å². The summed E-state index contributed by atoms with van der Waals surface area (Å²) < 4.78 is 87.6. The van der Waals surface area contributed by atoms with Gasteiger partial charge in [-0.3, -0.25) is 9.05 Å². The summed E-state index contributed by atoms with van der Waals surface area (Å²) in [4.78, 5) is 33.3. The average molecular weight is 580 g/mol. The minimum Gasteiger partial charge on any atom is -0.443 e. The second-order valence-corrected chi connectivity index (χ2v) is 11.4. The van der Waals surface area contributed by atoms with Crippen molar-refractivity contribution in [2.45, 2.75) is 64.9 Å². The first-order chi connectivity index (χ1) is 18.0. The molecule has 0 N–H and O–H groups in total. The summed E-state index contributed by atoms with van der Waals surface area (Å²) in [5.41, 5.74) is -6.89. The number of nitriles is 1. The van der Waals surface area contributed by atoms with E-state index in [9.17, 15) is 28.1 Å². The summed E-state index contributed by atoms with van der Waals surface area (Å²) in [5, 5.41) is 9.66. The Bertz CT molecular complexity index is 1310. The number of fused-ring (bicyclic) bond motifs is 1. The zero-order chi connectivity index (χ0) is 29.6. The summed E-state index contributed by atoms with van der Waals surface area (Å²) in [6, 6.07) is 3.48. The fourth-order valence-corrected chi connectivity index (χ4v) is 5.15. The Hall–Kier alpha value is -3.17. The molecule has 0 fully saturated rings. The maximum absolute atomic E-state index is 15.8. The summed E-state index contributed by atoms with van der Waals surface area (Å²) in [5.74, 6) is -0.415. The Morgan fingerprint density at radius 2 is 1.74 bits per heavy atom. The van der Waals surface area contributed by atoms with Gasteiger partial charge in [-0.1, -0.05) is 0 Å². The predicted octanol–water partition coefficient (Wildman–Crippen LogP) is 6.57. The third-order valence-electron chi connectivity index (χ3n) is 4.92. The van der Waals surface area contributed by atoms with Crippen molar-refractivity contribution in [1.82, 2.24) is 14.6 Å². The lowest BCUT2D eigenvalue weighted by atomic mass is 10.1. The first-order valence-corrected chi connectivity index (χ1v) is 13.3. The Morgan fingerprint density at radius 1 is 1.13 bits per heavy atom. The molecule has 0 aliphatic heterocycles. The van der Waals surface area contributed by atoms with Crippen LogP contribution in [0, 0.1) is 16.2 Å². The highest BCUT2D eigenvalue weighted by Crippen LogP contribution is 2.67. The summed E-state index contributed by atoms with van der Waals surface area (Å²) in [7, 11) is -4.77. The first-order valence-electron chi connectivity index (χ1n) is 11.7. The molecule has 39 heavy (non-hydrogen) atoms. The molecule has 1 aromatic carbocycles. The van der Waals surface area contributed by atoms with E-state index in [1.165, 1.54) is 13.8 Å². The number of hydrogen-bond acceptors (Lipinski definition) is 8. The fraction of sp³-hybridized carbons (Fsp3) is 0.565. The Labute approximate surface area is 221 Å². The van der Waals surface area contributed by atoms with E-state index in [2.05, 4.69) is 14.6 Å². The van der Waals surface area contributed by atoms with Crippen LogP contribution in [0.5, 0.6) is 0 Å². The van der Waals surface area contributed by atoms with Crippen LogP contribution < -0.4 is 9.50 Å². The number of carbonyl (C=O) groups is 1. The molecular formula is C23H28F5N5O5P+. The second-order valence-electron chi connectivity index (χ2n) is 9.07. The van der Waals surface area contributed by atoms with Gasteiger partial charge in [0.1, 0.15) is 5.60 Å². The molecule has 0 spiro atoms. The lowest BCUT2D eigenvalue weighted by Gasteiger charge is -2.26. The van der Waals surface area contributed by atoms with Crippen molar-refractivity contribution < 1.29 is 40.5 Å². The number of benzene rings is 1. The molecule has 0 saturated heterocycles. The number of carbonyl (C=O) groups excluding carboxylic acids is 1. The third-order valence-corrected chi connectivity index (χ3v) is 7.30. The van der Waals surface area contributed by atoms with Crippen LogP contribution in [-0.4, -0.2) is 47.6 Å². The van der Waals surface area contributed by atoms with Gasteiger partial charge < -0.3 is 4.74 Å². The summed E-state index contributed by atoms with van der Waals surface area (Å²) in [6.07, 6.45) is -6.14. The van der Waals surface area contributed by atoms with E-state index >= 15 is 8.78 Å².